The summed E-state index contributed by atoms with van der Waals surface area (Å²) in [5.41, 5.74) is 0. The number of methoxy groups -OCH3 is 1. The molecular weight excluding hydrogens is 256 g/mol. The van der Waals surface area contributed by atoms with Crippen LogP contribution in [0.3, 0.4) is 0 Å². The molecule has 0 amide bonds. The van der Waals surface area contributed by atoms with Crippen molar-refractivity contribution in [2.45, 2.75) is 64.6 Å². The van der Waals surface area contributed by atoms with Gasteiger partial charge in [0.25, 0.3) is 0 Å². The Morgan fingerprint density at radius 2 is 1.89 bits per heavy atom. The molecule has 2 atom stereocenters. The summed E-state index contributed by atoms with van der Waals surface area (Å²) in [6, 6.07) is 0. The fourth-order valence-electron chi connectivity index (χ4n) is 2.37. The van der Waals surface area contributed by atoms with Crippen molar-refractivity contribution in [1.82, 2.24) is 0 Å². The Labute approximate surface area is 119 Å². The van der Waals surface area contributed by atoms with Gasteiger partial charge in [-0.05, 0) is 43.3 Å². The predicted octanol–water partition coefficient (Wildman–Crippen LogP) is 3.99. The molecule has 3 nitrogen and oxygen atoms in total. The van der Waals surface area contributed by atoms with Gasteiger partial charge in [0.05, 0.1) is 13.0 Å². The van der Waals surface area contributed by atoms with Crippen LogP contribution in [0.4, 0.5) is 0 Å². The van der Waals surface area contributed by atoms with Crippen LogP contribution in [0.2, 0.25) is 18.1 Å². The first-order valence-electron chi connectivity index (χ1n) is 7.39. The van der Waals surface area contributed by atoms with Crippen LogP contribution in [0.25, 0.3) is 0 Å². The zero-order valence-corrected chi connectivity index (χ0v) is 14.4. The molecular formula is C15H30O3Si. The maximum atomic E-state index is 11.6. The molecule has 112 valence electrons. The zero-order valence-electron chi connectivity index (χ0n) is 13.4. The van der Waals surface area contributed by atoms with Gasteiger partial charge in [-0.15, -0.1) is 0 Å². The molecule has 1 rings (SSSR count). The van der Waals surface area contributed by atoms with Crippen molar-refractivity contribution >= 4 is 14.3 Å². The van der Waals surface area contributed by atoms with E-state index in [4.69, 9.17) is 9.16 Å². The van der Waals surface area contributed by atoms with Gasteiger partial charge in [-0.2, -0.15) is 0 Å². The molecule has 0 aliphatic heterocycles. The largest absolute Gasteiger partial charge is 0.469 e. The first kappa shape index (κ1) is 16.7. The van der Waals surface area contributed by atoms with Gasteiger partial charge in [-0.25, -0.2) is 0 Å². The van der Waals surface area contributed by atoms with E-state index in [9.17, 15) is 4.79 Å². The maximum absolute atomic E-state index is 11.6. The van der Waals surface area contributed by atoms with Crippen molar-refractivity contribution in [1.29, 1.82) is 0 Å². The van der Waals surface area contributed by atoms with E-state index in [1.807, 2.05) is 0 Å². The van der Waals surface area contributed by atoms with Crippen LogP contribution in [-0.4, -0.2) is 28.0 Å². The monoisotopic (exact) mass is 286 g/mol. The van der Waals surface area contributed by atoms with Crippen LogP contribution in [-0.2, 0) is 14.0 Å². The Hall–Kier alpha value is -0.353. The van der Waals surface area contributed by atoms with Gasteiger partial charge < -0.3 is 9.16 Å². The number of carbonyl (C=O) groups is 1. The lowest BCUT2D eigenvalue weighted by Crippen LogP contribution is -2.42. The van der Waals surface area contributed by atoms with Gasteiger partial charge in [-0.1, -0.05) is 27.2 Å². The number of hydrogen-bond acceptors (Lipinski definition) is 3. The minimum atomic E-state index is -1.66. The minimum absolute atomic E-state index is 0.0444. The van der Waals surface area contributed by atoms with Gasteiger partial charge >= 0.3 is 5.97 Å². The minimum Gasteiger partial charge on any atom is -0.469 e. The van der Waals surface area contributed by atoms with Crippen molar-refractivity contribution < 1.29 is 14.0 Å². The number of carbonyl (C=O) groups excluding carboxylic acids is 1. The third-order valence-electron chi connectivity index (χ3n) is 4.80. The summed E-state index contributed by atoms with van der Waals surface area (Å²) in [4.78, 5) is 11.6. The molecule has 2 unspecified atom stereocenters. The summed E-state index contributed by atoms with van der Waals surface area (Å²) in [5, 5.41) is 0.253. The average molecular weight is 286 g/mol. The van der Waals surface area contributed by atoms with Crippen LogP contribution in [0.5, 0.6) is 0 Å². The average Bonchev–Trinajstić information content (AvgIpc) is 2.34. The molecule has 0 aromatic heterocycles. The Kier molecular flexibility index (Phi) is 5.62. The van der Waals surface area contributed by atoms with Crippen molar-refractivity contribution in [2.75, 3.05) is 13.7 Å². The lowest BCUT2D eigenvalue weighted by molar-refractivity contribution is -0.147. The molecule has 1 saturated carbocycles. The van der Waals surface area contributed by atoms with Crippen LogP contribution in [0.15, 0.2) is 0 Å². The van der Waals surface area contributed by atoms with Gasteiger partial charge in [0.15, 0.2) is 8.32 Å². The molecule has 0 heterocycles. The SMILES string of the molecule is COC(=O)C1CCCC(CO[Si](C)(C)C(C)(C)C)C1. The molecule has 0 saturated heterocycles. The third-order valence-corrected chi connectivity index (χ3v) is 9.30. The van der Waals surface area contributed by atoms with E-state index in [0.29, 0.717) is 5.92 Å². The van der Waals surface area contributed by atoms with Crippen LogP contribution in [0, 0.1) is 11.8 Å². The molecule has 0 radical (unpaired) electrons. The number of rotatable bonds is 4. The molecule has 0 aromatic carbocycles. The lowest BCUT2D eigenvalue weighted by Gasteiger charge is -2.38. The van der Waals surface area contributed by atoms with Crippen LogP contribution >= 0.6 is 0 Å². The second-order valence-electron chi connectivity index (χ2n) is 7.32. The highest BCUT2D eigenvalue weighted by Crippen LogP contribution is 2.38. The normalized spacial score (nSPS) is 25.2. The molecule has 0 N–H and O–H groups in total. The molecule has 1 aliphatic rings. The highest BCUT2D eigenvalue weighted by molar-refractivity contribution is 6.74. The van der Waals surface area contributed by atoms with E-state index >= 15 is 0 Å². The first-order chi connectivity index (χ1) is 8.67. The van der Waals surface area contributed by atoms with E-state index < -0.39 is 8.32 Å². The Bertz CT molecular complexity index is 307. The highest BCUT2D eigenvalue weighted by atomic mass is 28.4. The maximum Gasteiger partial charge on any atom is 0.308 e. The van der Waals surface area contributed by atoms with Crippen LogP contribution in [0.1, 0.15) is 46.5 Å². The lowest BCUT2D eigenvalue weighted by atomic mass is 9.82. The van der Waals surface area contributed by atoms with Gasteiger partial charge in [0.2, 0.25) is 0 Å². The first-order valence-corrected chi connectivity index (χ1v) is 10.3. The fourth-order valence-corrected chi connectivity index (χ4v) is 3.45. The summed E-state index contributed by atoms with van der Waals surface area (Å²) >= 11 is 0. The van der Waals surface area contributed by atoms with Crippen LogP contribution < -0.4 is 0 Å². The van der Waals surface area contributed by atoms with Crippen molar-refractivity contribution in [3.8, 4) is 0 Å². The second kappa shape index (κ2) is 6.40. The van der Waals surface area contributed by atoms with E-state index in [2.05, 4.69) is 33.9 Å². The zero-order chi connectivity index (χ0) is 14.7. The molecule has 19 heavy (non-hydrogen) atoms. The highest BCUT2D eigenvalue weighted by Gasteiger charge is 2.38. The Morgan fingerprint density at radius 3 is 2.42 bits per heavy atom. The second-order valence-corrected chi connectivity index (χ2v) is 12.1. The summed E-state index contributed by atoms with van der Waals surface area (Å²) in [6.45, 7) is 12.2. The standard InChI is InChI=1S/C15H30O3Si/c1-15(2,3)19(5,6)18-11-12-8-7-9-13(10-12)14(16)17-4/h12-13H,7-11H2,1-6H3. The summed E-state index contributed by atoms with van der Waals surface area (Å²) in [6.07, 6.45) is 4.21. The molecule has 4 heteroatoms. The molecule has 0 bridgehead atoms. The number of esters is 1. The van der Waals surface area contributed by atoms with E-state index in [-0.39, 0.29) is 16.9 Å². The Balaban J connectivity index is 2.48. The van der Waals surface area contributed by atoms with Crippen molar-refractivity contribution in [3.05, 3.63) is 0 Å². The van der Waals surface area contributed by atoms with Gasteiger partial charge in [-0.3, -0.25) is 4.79 Å². The van der Waals surface area contributed by atoms with Gasteiger partial charge in [0, 0.05) is 6.61 Å². The summed E-state index contributed by atoms with van der Waals surface area (Å²) in [7, 11) is -0.178. The topological polar surface area (TPSA) is 35.5 Å². The summed E-state index contributed by atoms with van der Waals surface area (Å²) < 4.78 is 11.1. The number of hydrogen-bond donors (Lipinski definition) is 0. The number of ether oxygens (including phenoxy) is 1. The predicted molar refractivity (Wildman–Crippen MR) is 80.6 cm³/mol. The molecule has 1 fully saturated rings. The summed E-state index contributed by atoms with van der Waals surface area (Å²) in [5.74, 6) is 0.566. The van der Waals surface area contributed by atoms with E-state index in [0.717, 1.165) is 25.9 Å². The molecule has 0 spiro atoms. The smallest absolute Gasteiger partial charge is 0.308 e. The quantitative estimate of drug-likeness (QED) is 0.579. The van der Waals surface area contributed by atoms with E-state index in [1.165, 1.54) is 13.5 Å². The molecule has 1 aliphatic carbocycles. The van der Waals surface area contributed by atoms with Crippen molar-refractivity contribution in [3.63, 3.8) is 0 Å². The van der Waals surface area contributed by atoms with Gasteiger partial charge in [0.1, 0.15) is 0 Å². The third kappa shape index (κ3) is 4.60. The molecule has 0 aromatic rings. The van der Waals surface area contributed by atoms with Crippen molar-refractivity contribution in [2.24, 2.45) is 11.8 Å². The Morgan fingerprint density at radius 1 is 1.26 bits per heavy atom. The fraction of sp³-hybridized carbons (Fsp3) is 0.933. The van der Waals surface area contributed by atoms with E-state index in [1.54, 1.807) is 0 Å².